The molecule has 1 atom stereocenters. The van der Waals surface area contributed by atoms with Crippen LogP contribution in [0.25, 0.3) is 22.8 Å². The monoisotopic (exact) mass is 708 g/mol. The van der Waals surface area contributed by atoms with Crippen molar-refractivity contribution in [3.63, 3.8) is 0 Å². The van der Waals surface area contributed by atoms with Crippen molar-refractivity contribution in [1.29, 1.82) is 0 Å². The second-order valence-electron chi connectivity index (χ2n) is 10.6. The first-order chi connectivity index (χ1) is 23.4. The number of aromatic nitrogens is 6. The van der Waals surface area contributed by atoms with Crippen molar-refractivity contribution in [3.05, 3.63) is 151 Å². The number of benzene rings is 2. The molecule has 0 aliphatic carbocycles. The van der Waals surface area contributed by atoms with Crippen LogP contribution in [0.2, 0.25) is 0 Å². The molecule has 4 aromatic heterocycles. The smallest absolute Gasteiger partial charge is 1.00 e. The summed E-state index contributed by atoms with van der Waals surface area (Å²) in [4.78, 5) is 19.7. The largest absolute Gasteiger partial charge is 2.00 e. The normalized spacial score (nSPS) is 10.7. The Labute approximate surface area is 314 Å². The Morgan fingerprint density at radius 3 is 1.62 bits per heavy atom. The molecule has 12 heteroatoms. The molecular formula is C38H39ClF2MgN6O2. The molecule has 6 aromatic rings. The van der Waals surface area contributed by atoms with Crippen LogP contribution in [-0.4, -0.2) is 64.0 Å². The van der Waals surface area contributed by atoms with Crippen LogP contribution in [0.3, 0.4) is 0 Å². The Balaban J connectivity index is 0.000000319. The van der Waals surface area contributed by atoms with E-state index in [1.807, 2.05) is 54.1 Å². The summed E-state index contributed by atoms with van der Waals surface area (Å²) in [5, 5.41) is 19.3. The summed E-state index contributed by atoms with van der Waals surface area (Å²) >= 11 is 0. The van der Waals surface area contributed by atoms with Gasteiger partial charge >= 0.3 is 23.1 Å². The van der Waals surface area contributed by atoms with Crippen molar-refractivity contribution in [2.24, 2.45) is 0 Å². The maximum absolute atomic E-state index is 13.0. The Hall–Kier alpha value is -4.29. The van der Waals surface area contributed by atoms with E-state index in [1.165, 1.54) is 24.3 Å². The van der Waals surface area contributed by atoms with Crippen LogP contribution in [0.1, 0.15) is 53.7 Å². The first-order valence-electron chi connectivity index (χ1n) is 15.7. The Morgan fingerprint density at radius 2 is 1.18 bits per heavy atom. The van der Waals surface area contributed by atoms with Gasteiger partial charge in [0, 0.05) is 25.5 Å². The van der Waals surface area contributed by atoms with Gasteiger partial charge in [0.05, 0.1) is 23.2 Å². The molecule has 0 saturated heterocycles. The van der Waals surface area contributed by atoms with Crippen molar-refractivity contribution in [1.82, 2.24) is 29.5 Å². The van der Waals surface area contributed by atoms with Crippen LogP contribution >= 0.6 is 0 Å². The number of hydrogen-bond donors (Lipinski definition) is 1. The number of rotatable bonds is 11. The van der Waals surface area contributed by atoms with Crippen molar-refractivity contribution in [3.8, 4) is 22.8 Å². The number of aldehydes is 1. The fraction of sp³-hybridized carbons (Fsp3) is 0.211. The number of nitrogens with zero attached hydrogens (tertiary/aromatic N) is 6. The molecule has 256 valence electrons. The number of carbonyl (C=O) groups excluding carboxylic acids is 1. The van der Waals surface area contributed by atoms with E-state index < -0.39 is 6.10 Å². The summed E-state index contributed by atoms with van der Waals surface area (Å²) in [5.74, 6) is -0.494. The van der Waals surface area contributed by atoms with Gasteiger partial charge in [0.1, 0.15) is 28.7 Å². The Bertz CT molecular complexity index is 1840. The van der Waals surface area contributed by atoms with Gasteiger partial charge in [-0.15, -0.1) is 0 Å². The standard InChI is InChI=1S/C19H20FN3O.C17H14FN3O.C2H5.ClH.Mg/c1-2-19(24)18-13-17(16-5-3-4-11-21-16)22-23(18)12-10-14-6-8-15(20)9-7-14;18-14-6-4-13(5-7-14)8-10-21-15(12-22)11-17(20-21)16-3-1-2-9-19-16;1-2;;/h3-9,11,13,19,24H,2,10,12H2,1H3;1-7,9,11-12H,8,10H2;1H2,2H3;1H;/q;;-1;;+2/p-1. The number of pyridine rings is 2. The van der Waals surface area contributed by atoms with Gasteiger partial charge < -0.3 is 24.4 Å². The molecule has 1 unspecified atom stereocenters. The molecule has 0 fully saturated rings. The summed E-state index contributed by atoms with van der Waals surface area (Å²) in [5.41, 5.74) is 6.23. The van der Waals surface area contributed by atoms with Gasteiger partial charge in [-0.3, -0.25) is 24.1 Å². The minimum Gasteiger partial charge on any atom is -1.00 e. The third-order valence-corrected chi connectivity index (χ3v) is 7.38. The van der Waals surface area contributed by atoms with E-state index in [0.717, 1.165) is 40.2 Å². The molecule has 6 rings (SSSR count). The number of aliphatic hydroxyl groups excluding tert-OH is 1. The van der Waals surface area contributed by atoms with E-state index in [1.54, 1.807) is 54.3 Å². The van der Waals surface area contributed by atoms with Crippen molar-refractivity contribution in [2.45, 2.75) is 52.3 Å². The molecule has 50 heavy (non-hydrogen) atoms. The summed E-state index contributed by atoms with van der Waals surface area (Å²) in [6.45, 7) is 8.10. The number of aliphatic hydroxyl groups is 1. The van der Waals surface area contributed by atoms with Gasteiger partial charge in [0.15, 0.2) is 6.29 Å². The predicted molar refractivity (Wildman–Crippen MR) is 189 cm³/mol. The van der Waals surface area contributed by atoms with Crippen LogP contribution < -0.4 is 12.4 Å². The van der Waals surface area contributed by atoms with Crippen molar-refractivity contribution >= 4 is 29.3 Å². The van der Waals surface area contributed by atoms with Gasteiger partial charge in [-0.25, -0.2) is 8.78 Å². The van der Waals surface area contributed by atoms with Crippen molar-refractivity contribution < 1.29 is 31.1 Å². The maximum Gasteiger partial charge on any atom is 2.00 e. The molecule has 0 spiro atoms. The fourth-order valence-electron chi connectivity index (χ4n) is 4.84. The van der Waals surface area contributed by atoms with Crippen LogP contribution in [0.5, 0.6) is 0 Å². The zero-order valence-corrected chi connectivity index (χ0v) is 30.3. The van der Waals surface area contributed by atoms with Crippen LogP contribution in [-0.2, 0) is 25.9 Å². The molecule has 8 nitrogen and oxygen atoms in total. The van der Waals surface area contributed by atoms with Crippen LogP contribution in [0, 0.1) is 18.6 Å². The van der Waals surface area contributed by atoms with Gasteiger partial charge in [-0.05, 0) is 91.1 Å². The molecule has 0 aliphatic heterocycles. The second kappa shape index (κ2) is 21.7. The van der Waals surface area contributed by atoms with Gasteiger partial charge in [0.2, 0.25) is 0 Å². The maximum atomic E-state index is 13.0. The Morgan fingerprint density at radius 1 is 0.720 bits per heavy atom. The average Bonchev–Trinajstić information content (AvgIpc) is 3.77. The topological polar surface area (TPSA) is 98.7 Å². The zero-order chi connectivity index (χ0) is 34.3. The second-order valence-corrected chi connectivity index (χ2v) is 10.6. The quantitative estimate of drug-likeness (QED) is 0.122. The molecule has 2 aromatic carbocycles. The van der Waals surface area contributed by atoms with Crippen molar-refractivity contribution in [2.75, 3.05) is 0 Å². The predicted octanol–water partition coefficient (Wildman–Crippen LogP) is 4.37. The molecule has 0 aliphatic rings. The molecular weight excluding hydrogens is 670 g/mol. The van der Waals surface area contributed by atoms with E-state index in [9.17, 15) is 18.7 Å². The summed E-state index contributed by atoms with van der Waals surface area (Å²) < 4.78 is 29.4. The third kappa shape index (κ3) is 11.9. The summed E-state index contributed by atoms with van der Waals surface area (Å²) in [6, 6.07) is 27.6. The van der Waals surface area contributed by atoms with E-state index in [2.05, 4.69) is 27.1 Å². The molecule has 0 amide bonds. The first-order valence-corrected chi connectivity index (χ1v) is 15.7. The van der Waals surface area contributed by atoms with Gasteiger partial charge in [-0.2, -0.15) is 17.1 Å². The summed E-state index contributed by atoms with van der Waals surface area (Å²) in [6.07, 6.45) is 5.63. The molecule has 0 bridgehead atoms. The number of halogens is 3. The SMILES string of the molecule is CCC(O)c1cc(-c2ccccn2)nn1CCc1ccc(F)cc1.O=Cc1cc(-c2ccccn2)nn1CCc1ccc(F)cc1.[CH2-]C.[Cl-].[Mg+2]. The average molecular weight is 710 g/mol. The fourth-order valence-corrected chi connectivity index (χ4v) is 4.84. The minimum absolute atomic E-state index is 0. The first kappa shape index (κ1) is 41.9. The third-order valence-electron chi connectivity index (χ3n) is 7.38. The van der Waals surface area contributed by atoms with Crippen LogP contribution in [0.4, 0.5) is 8.78 Å². The van der Waals surface area contributed by atoms with Crippen LogP contribution in [0.15, 0.2) is 109 Å². The summed E-state index contributed by atoms with van der Waals surface area (Å²) in [7, 11) is 0. The molecule has 1 N–H and O–H groups in total. The molecule has 0 saturated carbocycles. The molecule has 0 radical (unpaired) electrons. The number of hydrogen-bond acceptors (Lipinski definition) is 6. The van der Waals surface area contributed by atoms with E-state index in [4.69, 9.17) is 0 Å². The number of carbonyl (C=O) groups is 1. The zero-order valence-electron chi connectivity index (χ0n) is 28.2. The van der Waals surface area contributed by atoms with E-state index >= 15 is 0 Å². The van der Waals surface area contributed by atoms with E-state index in [-0.39, 0.29) is 47.1 Å². The van der Waals surface area contributed by atoms with E-state index in [0.29, 0.717) is 43.7 Å². The van der Waals surface area contributed by atoms with Gasteiger partial charge in [-0.1, -0.05) is 43.3 Å². The van der Waals surface area contributed by atoms with Gasteiger partial charge in [0.25, 0.3) is 0 Å². The number of aryl methyl sites for hydroxylation is 4. The minimum atomic E-state index is -0.566. The Kier molecular flexibility index (Phi) is 18.2. The molecule has 4 heterocycles.